The van der Waals surface area contributed by atoms with Crippen LogP contribution in [0.25, 0.3) is 0 Å². The van der Waals surface area contributed by atoms with E-state index in [1.807, 2.05) is 0 Å². The zero-order valence-corrected chi connectivity index (χ0v) is 18.3. The fourth-order valence-corrected chi connectivity index (χ4v) is 4.39. The van der Waals surface area contributed by atoms with Crippen molar-refractivity contribution in [2.45, 2.75) is 31.8 Å². The number of ketones is 1. The molecule has 0 saturated heterocycles. The fraction of sp³-hybridized carbons (Fsp3) is 0.222. The lowest BCUT2D eigenvalue weighted by molar-refractivity contribution is -0.158. The Labute approximate surface area is 191 Å². The molecule has 0 aromatic heterocycles. The first-order chi connectivity index (χ1) is 15.9. The van der Waals surface area contributed by atoms with Crippen molar-refractivity contribution in [3.8, 4) is 5.75 Å². The van der Waals surface area contributed by atoms with Crippen LogP contribution in [0.1, 0.15) is 41.8 Å². The van der Waals surface area contributed by atoms with Gasteiger partial charge in [0.15, 0.2) is 5.78 Å². The Kier molecular flexibility index (Phi) is 6.09. The number of fused-ring (bicyclic) bond motifs is 1. The average molecular weight is 446 g/mol. The Balaban J connectivity index is 1.92. The number of para-hydroxylation sites is 1. The Morgan fingerprint density at radius 3 is 2.27 bits per heavy atom. The second kappa shape index (κ2) is 8.98. The van der Waals surface area contributed by atoms with Crippen LogP contribution in [0.15, 0.2) is 78.9 Å². The van der Waals surface area contributed by atoms with E-state index in [4.69, 9.17) is 9.47 Å². The van der Waals surface area contributed by atoms with Crippen LogP contribution in [0.2, 0.25) is 0 Å². The normalized spacial score (nSPS) is 17.9. The third-order valence-electron chi connectivity index (χ3n) is 5.79. The maximum absolute atomic E-state index is 14.4. The Bertz CT molecular complexity index is 1200. The number of halogens is 1. The van der Waals surface area contributed by atoms with E-state index in [9.17, 15) is 18.8 Å². The van der Waals surface area contributed by atoms with Crippen LogP contribution in [0.5, 0.6) is 5.75 Å². The molecule has 1 aliphatic heterocycles. The highest BCUT2D eigenvalue weighted by Crippen LogP contribution is 2.51. The Morgan fingerprint density at radius 1 is 0.939 bits per heavy atom. The van der Waals surface area contributed by atoms with Crippen molar-refractivity contribution in [1.29, 1.82) is 0 Å². The van der Waals surface area contributed by atoms with Crippen LogP contribution < -0.4 is 4.74 Å². The number of hydrogen-bond donors (Lipinski definition) is 0. The van der Waals surface area contributed by atoms with Crippen molar-refractivity contribution in [2.75, 3.05) is 0 Å². The lowest BCUT2D eigenvalue weighted by atomic mass is 9.64. The van der Waals surface area contributed by atoms with E-state index in [1.54, 1.807) is 74.5 Å². The molecule has 33 heavy (non-hydrogen) atoms. The smallest absolute Gasteiger partial charge is 0.327 e. The molecular formula is C27H23FO5. The predicted octanol–water partition coefficient (Wildman–Crippen LogP) is 4.87. The number of esters is 2. The maximum atomic E-state index is 14.4. The van der Waals surface area contributed by atoms with Crippen LogP contribution >= 0.6 is 0 Å². The highest BCUT2D eigenvalue weighted by Gasteiger charge is 2.59. The van der Waals surface area contributed by atoms with Gasteiger partial charge >= 0.3 is 11.9 Å². The molecule has 0 saturated carbocycles. The molecule has 0 fully saturated rings. The third-order valence-corrected chi connectivity index (χ3v) is 5.79. The van der Waals surface area contributed by atoms with Crippen LogP contribution in [-0.4, -0.2) is 23.8 Å². The summed E-state index contributed by atoms with van der Waals surface area (Å²) >= 11 is 0. The number of carbonyl (C=O) groups is 3. The number of hydrogen-bond acceptors (Lipinski definition) is 5. The first kappa shape index (κ1) is 22.4. The minimum atomic E-state index is -1.62. The lowest BCUT2D eigenvalue weighted by Crippen LogP contribution is -2.48. The highest BCUT2D eigenvalue weighted by molar-refractivity contribution is 6.03. The van der Waals surface area contributed by atoms with Crippen LogP contribution in [0, 0.1) is 11.7 Å². The molecule has 4 rings (SSSR count). The topological polar surface area (TPSA) is 69.7 Å². The van der Waals surface area contributed by atoms with Gasteiger partial charge in [-0.05, 0) is 37.6 Å². The van der Waals surface area contributed by atoms with Crippen molar-refractivity contribution in [3.05, 3.63) is 101 Å². The van der Waals surface area contributed by atoms with E-state index < -0.39 is 47.4 Å². The van der Waals surface area contributed by atoms with E-state index in [2.05, 4.69) is 0 Å². The second-order valence-electron chi connectivity index (χ2n) is 8.21. The van der Waals surface area contributed by atoms with Gasteiger partial charge < -0.3 is 9.47 Å². The fourth-order valence-electron chi connectivity index (χ4n) is 4.39. The molecule has 3 aromatic rings. The van der Waals surface area contributed by atoms with Crippen molar-refractivity contribution < 1.29 is 28.2 Å². The zero-order chi connectivity index (χ0) is 23.6. The van der Waals surface area contributed by atoms with Gasteiger partial charge in [0.1, 0.15) is 17.0 Å². The van der Waals surface area contributed by atoms with Gasteiger partial charge in [-0.2, -0.15) is 0 Å². The maximum Gasteiger partial charge on any atom is 0.327 e. The minimum absolute atomic E-state index is 0.150. The van der Waals surface area contributed by atoms with E-state index >= 15 is 0 Å². The quantitative estimate of drug-likeness (QED) is 0.294. The van der Waals surface area contributed by atoms with Crippen LogP contribution in [-0.2, 0) is 19.7 Å². The summed E-state index contributed by atoms with van der Waals surface area (Å²) in [5, 5.41) is 0. The summed E-state index contributed by atoms with van der Waals surface area (Å²) in [4.78, 5) is 40.2. The molecule has 0 spiro atoms. The molecule has 1 heterocycles. The molecule has 2 unspecified atom stereocenters. The van der Waals surface area contributed by atoms with Crippen molar-refractivity contribution in [1.82, 2.24) is 0 Å². The summed E-state index contributed by atoms with van der Waals surface area (Å²) < 4.78 is 25.5. The summed E-state index contributed by atoms with van der Waals surface area (Å²) in [7, 11) is 0. The van der Waals surface area contributed by atoms with E-state index in [0.29, 0.717) is 16.9 Å². The van der Waals surface area contributed by atoms with E-state index in [1.165, 1.54) is 18.2 Å². The predicted molar refractivity (Wildman–Crippen MR) is 119 cm³/mol. The van der Waals surface area contributed by atoms with E-state index in [0.717, 1.165) is 0 Å². The molecule has 0 N–H and O–H groups in total. The third kappa shape index (κ3) is 3.93. The molecule has 1 aliphatic rings. The molecule has 0 amide bonds. The molecule has 0 bridgehead atoms. The van der Waals surface area contributed by atoms with Gasteiger partial charge in [0.2, 0.25) is 0 Å². The number of benzene rings is 3. The van der Waals surface area contributed by atoms with Crippen molar-refractivity contribution in [2.24, 2.45) is 5.92 Å². The molecular weight excluding hydrogens is 423 g/mol. The van der Waals surface area contributed by atoms with Gasteiger partial charge in [0.05, 0.1) is 17.6 Å². The Morgan fingerprint density at radius 2 is 1.58 bits per heavy atom. The number of ether oxygens (including phenoxy) is 2. The van der Waals surface area contributed by atoms with Gasteiger partial charge in [-0.1, -0.05) is 60.7 Å². The number of Topliss-reactive ketones (excluding diaryl/α,β-unsaturated/α-hetero) is 1. The van der Waals surface area contributed by atoms with Crippen molar-refractivity contribution in [3.63, 3.8) is 0 Å². The number of rotatable bonds is 7. The molecule has 5 nitrogen and oxygen atoms in total. The second-order valence-corrected chi connectivity index (χ2v) is 8.21. The van der Waals surface area contributed by atoms with Crippen molar-refractivity contribution >= 4 is 17.7 Å². The van der Waals surface area contributed by atoms with E-state index in [-0.39, 0.29) is 5.56 Å². The first-order valence-corrected chi connectivity index (χ1v) is 10.7. The number of carbonyl (C=O) groups excluding carboxylic acids is 3. The molecule has 2 atom stereocenters. The molecule has 6 heteroatoms. The summed E-state index contributed by atoms with van der Waals surface area (Å²) in [6, 6.07) is 21.1. The molecule has 0 aliphatic carbocycles. The summed E-state index contributed by atoms with van der Waals surface area (Å²) in [5.74, 6) is -3.67. The van der Waals surface area contributed by atoms with Gasteiger partial charge in [0.25, 0.3) is 0 Å². The SMILES string of the molecule is CC(C)OC(=O)C(CC(=O)c1ccccc1F)C1(c2ccccc2)C(=O)Oc2ccccc21. The van der Waals surface area contributed by atoms with Gasteiger partial charge in [-0.15, -0.1) is 0 Å². The summed E-state index contributed by atoms with van der Waals surface area (Å²) in [6.45, 7) is 3.37. The molecule has 0 radical (unpaired) electrons. The summed E-state index contributed by atoms with van der Waals surface area (Å²) in [6.07, 6.45) is -0.922. The first-order valence-electron chi connectivity index (χ1n) is 10.7. The monoisotopic (exact) mass is 446 g/mol. The summed E-state index contributed by atoms with van der Waals surface area (Å²) in [5.41, 5.74) is -0.812. The minimum Gasteiger partial charge on any atom is -0.463 e. The lowest BCUT2D eigenvalue weighted by Gasteiger charge is -2.34. The molecule has 168 valence electrons. The van der Waals surface area contributed by atoms with Gasteiger partial charge in [0, 0.05) is 12.0 Å². The zero-order valence-electron chi connectivity index (χ0n) is 18.3. The van der Waals surface area contributed by atoms with Crippen LogP contribution in [0.4, 0.5) is 4.39 Å². The van der Waals surface area contributed by atoms with Crippen LogP contribution in [0.3, 0.4) is 0 Å². The average Bonchev–Trinajstić information content (AvgIpc) is 3.10. The van der Waals surface area contributed by atoms with Gasteiger partial charge in [-0.25, -0.2) is 4.39 Å². The molecule has 3 aromatic carbocycles. The largest absolute Gasteiger partial charge is 0.463 e. The standard InChI is InChI=1S/C27H23FO5/c1-17(2)32-25(30)21(16-23(29)19-12-6-8-14-22(19)28)27(18-10-4-3-5-11-18)20-13-7-9-15-24(20)33-26(27)31/h3-15,17,21H,16H2,1-2H3. The van der Waals surface area contributed by atoms with Gasteiger partial charge in [-0.3, -0.25) is 14.4 Å². The highest BCUT2D eigenvalue weighted by atomic mass is 19.1. The Hall–Kier alpha value is -3.80.